The van der Waals surface area contributed by atoms with Crippen molar-refractivity contribution < 1.29 is 13.5 Å². The number of hydrogen-bond acceptors (Lipinski definition) is 2. The van der Waals surface area contributed by atoms with E-state index >= 15 is 0 Å². The number of methoxy groups -OCH3 is 1. The van der Waals surface area contributed by atoms with Crippen molar-refractivity contribution in [2.45, 2.75) is 44.4 Å². The van der Waals surface area contributed by atoms with E-state index in [1.165, 1.54) is 12.1 Å². The third-order valence-corrected chi connectivity index (χ3v) is 3.54. The molecular weight excluding hydrogens is 236 g/mol. The van der Waals surface area contributed by atoms with Crippen molar-refractivity contribution in [3.8, 4) is 0 Å². The molecule has 1 aliphatic carbocycles. The Hall–Kier alpha value is -1.00. The van der Waals surface area contributed by atoms with Crippen LogP contribution in [0.5, 0.6) is 0 Å². The molecule has 0 saturated heterocycles. The Morgan fingerprint density at radius 1 is 1.28 bits per heavy atom. The second kappa shape index (κ2) is 6.25. The molecule has 4 heteroatoms. The standard InChI is InChI=1S/C14H19F2NO/c1-18-13-7-6-12(8-13)17-9-10-2-4-11(5-3-10)14(15)16/h2-5,12-14,17H,6-9H2,1H3. The highest BCUT2D eigenvalue weighted by Crippen LogP contribution is 2.22. The maximum Gasteiger partial charge on any atom is 0.263 e. The summed E-state index contributed by atoms with van der Waals surface area (Å²) in [5, 5.41) is 3.44. The van der Waals surface area contributed by atoms with Gasteiger partial charge in [0, 0.05) is 25.3 Å². The highest BCUT2D eigenvalue weighted by Gasteiger charge is 2.23. The lowest BCUT2D eigenvalue weighted by Gasteiger charge is -2.13. The Kier molecular flexibility index (Phi) is 4.66. The van der Waals surface area contributed by atoms with Crippen molar-refractivity contribution in [2.75, 3.05) is 7.11 Å². The minimum Gasteiger partial charge on any atom is -0.381 e. The van der Waals surface area contributed by atoms with Crippen molar-refractivity contribution in [3.05, 3.63) is 35.4 Å². The zero-order chi connectivity index (χ0) is 13.0. The molecule has 0 spiro atoms. The highest BCUT2D eigenvalue weighted by atomic mass is 19.3. The van der Waals surface area contributed by atoms with E-state index in [0.29, 0.717) is 12.1 Å². The maximum absolute atomic E-state index is 12.4. The van der Waals surface area contributed by atoms with E-state index in [-0.39, 0.29) is 5.56 Å². The first-order valence-corrected chi connectivity index (χ1v) is 6.32. The molecule has 1 saturated carbocycles. The molecule has 1 aromatic rings. The predicted octanol–water partition coefficient (Wildman–Crippen LogP) is 3.28. The van der Waals surface area contributed by atoms with Gasteiger partial charge >= 0.3 is 0 Å². The summed E-state index contributed by atoms with van der Waals surface area (Å²) < 4.78 is 30.1. The Morgan fingerprint density at radius 2 is 2.00 bits per heavy atom. The van der Waals surface area contributed by atoms with Gasteiger partial charge in [0.25, 0.3) is 6.43 Å². The number of alkyl halides is 2. The smallest absolute Gasteiger partial charge is 0.263 e. The molecular formula is C14H19F2NO. The van der Waals surface area contributed by atoms with Crippen LogP contribution in [0.3, 0.4) is 0 Å². The molecule has 1 N–H and O–H groups in total. The van der Waals surface area contributed by atoms with Gasteiger partial charge in [-0.3, -0.25) is 0 Å². The first kappa shape index (κ1) is 13.4. The Balaban J connectivity index is 1.80. The number of rotatable bonds is 5. The second-order valence-corrected chi connectivity index (χ2v) is 4.79. The summed E-state index contributed by atoms with van der Waals surface area (Å²) in [7, 11) is 1.75. The van der Waals surface area contributed by atoms with Crippen molar-refractivity contribution in [3.63, 3.8) is 0 Å². The van der Waals surface area contributed by atoms with E-state index < -0.39 is 6.43 Å². The second-order valence-electron chi connectivity index (χ2n) is 4.79. The minimum absolute atomic E-state index is 0.0825. The van der Waals surface area contributed by atoms with Crippen molar-refractivity contribution in [1.82, 2.24) is 5.32 Å². The molecule has 0 heterocycles. The molecule has 2 unspecified atom stereocenters. The van der Waals surface area contributed by atoms with E-state index in [9.17, 15) is 8.78 Å². The lowest BCUT2D eigenvalue weighted by atomic mass is 10.1. The molecule has 1 aliphatic rings. The van der Waals surface area contributed by atoms with Gasteiger partial charge in [-0.25, -0.2) is 8.78 Å². The van der Waals surface area contributed by atoms with Crippen LogP contribution in [0.2, 0.25) is 0 Å². The first-order chi connectivity index (χ1) is 8.69. The fourth-order valence-electron chi connectivity index (χ4n) is 2.38. The van der Waals surface area contributed by atoms with Crippen LogP contribution in [0.25, 0.3) is 0 Å². The van der Waals surface area contributed by atoms with Gasteiger partial charge in [0.2, 0.25) is 0 Å². The molecule has 100 valence electrons. The van der Waals surface area contributed by atoms with Crippen LogP contribution >= 0.6 is 0 Å². The van der Waals surface area contributed by atoms with Crippen LogP contribution in [-0.4, -0.2) is 19.3 Å². The number of ether oxygens (including phenoxy) is 1. The predicted molar refractivity (Wildman–Crippen MR) is 66.7 cm³/mol. The van der Waals surface area contributed by atoms with Crippen LogP contribution in [0.1, 0.15) is 36.8 Å². The van der Waals surface area contributed by atoms with Crippen molar-refractivity contribution in [2.24, 2.45) is 0 Å². The van der Waals surface area contributed by atoms with E-state index in [2.05, 4.69) is 5.32 Å². The zero-order valence-corrected chi connectivity index (χ0v) is 10.5. The minimum atomic E-state index is -2.38. The van der Waals surface area contributed by atoms with Crippen LogP contribution in [0.4, 0.5) is 8.78 Å². The largest absolute Gasteiger partial charge is 0.381 e. The van der Waals surface area contributed by atoms with Crippen LogP contribution in [0, 0.1) is 0 Å². The molecule has 0 bridgehead atoms. The molecule has 0 aromatic heterocycles. The molecule has 2 rings (SSSR count). The van der Waals surface area contributed by atoms with Gasteiger partial charge in [0.15, 0.2) is 0 Å². The topological polar surface area (TPSA) is 21.3 Å². The van der Waals surface area contributed by atoms with Gasteiger partial charge in [-0.2, -0.15) is 0 Å². The summed E-state index contributed by atoms with van der Waals surface area (Å²) in [5.74, 6) is 0. The van der Waals surface area contributed by atoms with E-state index in [4.69, 9.17) is 4.74 Å². The fourth-order valence-corrected chi connectivity index (χ4v) is 2.38. The first-order valence-electron chi connectivity index (χ1n) is 6.32. The van der Waals surface area contributed by atoms with Crippen LogP contribution in [-0.2, 0) is 11.3 Å². The van der Waals surface area contributed by atoms with Gasteiger partial charge in [0.1, 0.15) is 0 Å². The lowest BCUT2D eigenvalue weighted by Crippen LogP contribution is -2.26. The summed E-state index contributed by atoms with van der Waals surface area (Å²) in [5.41, 5.74) is 1.12. The molecule has 2 nitrogen and oxygen atoms in total. The third-order valence-electron chi connectivity index (χ3n) is 3.54. The van der Waals surface area contributed by atoms with Crippen LogP contribution in [0.15, 0.2) is 24.3 Å². The van der Waals surface area contributed by atoms with Gasteiger partial charge in [-0.1, -0.05) is 24.3 Å². The number of benzene rings is 1. The highest BCUT2D eigenvalue weighted by molar-refractivity contribution is 5.23. The number of nitrogens with one attached hydrogen (secondary N) is 1. The SMILES string of the molecule is COC1CCC(NCc2ccc(C(F)F)cc2)C1. The summed E-state index contributed by atoms with van der Waals surface area (Å²) in [6.45, 7) is 0.727. The summed E-state index contributed by atoms with van der Waals surface area (Å²) in [6.07, 6.45) is 1.23. The van der Waals surface area contributed by atoms with Gasteiger partial charge in [0.05, 0.1) is 6.10 Å². The van der Waals surface area contributed by atoms with Crippen LogP contribution < -0.4 is 5.32 Å². The van der Waals surface area contributed by atoms with E-state index in [0.717, 1.165) is 31.4 Å². The maximum atomic E-state index is 12.4. The quantitative estimate of drug-likeness (QED) is 0.871. The van der Waals surface area contributed by atoms with Gasteiger partial charge < -0.3 is 10.1 Å². The Morgan fingerprint density at radius 3 is 2.56 bits per heavy atom. The van der Waals surface area contributed by atoms with Crippen molar-refractivity contribution in [1.29, 1.82) is 0 Å². The summed E-state index contributed by atoms with van der Waals surface area (Å²) >= 11 is 0. The Bertz CT molecular complexity index is 367. The van der Waals surface area contributed by atoms with Crippen molar-refractivity contribution >= 4 is 0 Å². The van der Waals surface area contributed by atoms with E-state index in [1.807, 2.05) is 0 Å². The molecule has 0 amide bonds. The monoisotopic (exact) mass is 255 g/mol. The lowest BCUT2D eigenvalue weighted by molar-refractivity contribution is 0.107. The molecule has 1 aromatic carbocycles. The molecule has 0 aliphatic heterocycles. The molecule has 0 radical (unpaired) electrons. The average molecular weight is 255 g/mol. The van der Waals surface area contributed by atoms with Gasteiger partial charge in [-0.05, 0) is 24.8 Å². The molecule has 2 atom stereocenters. The zero-order valence-electron chi connectivity index (χ0n) is 10.5. The summed E-state index contributed by atoms with van der Waals surface area (Å²) in [4.78, 5) is 0. The van der Waals surface area contributed by atoms with Gasteiger partial charge in [-0.15, -0.1) is 0 Å². The average Bonchev–Trinajstić information content (AvgIpc) is 2.85. The molecule has 18 heavy (non-hydrogen) atoms. The van der Waals surface area contributed by atoms with E-state index in [1.54, 1.807) is 19.2 Å². The Labute approximate surface area is 106 Å². The molecule has 1 fully saturated rings. The number of halogens is 2. The normalized spacial score (nSPS) is 23.8. The third kappa shape index (κ3) is 3.50. The summed E-state index contributed by atoms with van der Waals surface area (Å²) in [6, 6.07) is 6.99. The number of hydrogen-bond donors (Lipinski definition) is 1. The fraction of sp³-hybridized carbons (Fsp3) is 0.571.